The van der Waals surface area contributed by atoms with Crippen molar-refractivity contribution in [1.82, 2.24) is 15.1 Å². The third-order valence-corrected chi connectivity index (χ3v) is 7.19. The standard InChI is InChI=1S/C22H31FN4O7/c1-21(2)33-19-18-16(31-20(29)32-18)11-30-22(19,34-21)12-26-5-3-14(4-6-26)25-9-17(28)27-10-13(23)7-15(27)8-24/h13-16,18-19,25H,3-7,9-12H2,1-2H3/t13?,15-,16+,18+,19-,22-/m0/s1. The van der Waals surface area contributed by atoms with E-state index in [9.17, 15) is 14.0 Å². The lowest BCUT2D eigenvalue weighted by atomic mass is 9.95. The number of amides is 1. The highest BCUT2D eigenvalue weighted by Gasteiger charge is 2.65. The second kappa shape index (κ2) is 8.87. The highest BCUT2D eigenvalue weighted by molar-refractivity contribution is 5.79. The van der Waals surface area contributed by atoms with Crippen LogP contribution in [0.2, 0.25) is 0 Å². The third kappa shape index (κ3) is 4.47. The summed E-state index contributed by atoms with van der Waals surface area (Å²) in [5.74, 6) is -2.21. The van der Waals surface area contributed by atoms with Gasteiger partial charge in [0.25, 0.3) is 0 Å². The van der Waals surface area contributed by atoms with Crippen LogP contribution in [0.4, 0.5) is 9.18 Å². The summed E-state index contributed by atoms with van der Waals surface area (Å²) in [6.07, 6.45) is -1.87. The number of nitrogens with zero attached hydrogens (tertiary/aromatic N) is 3. The molecule has 5 aliphatic heterocycles. The molecule has 1 unspecified atom stereocenters. The first-order valence-electron chi connectivity index (χ1n) is 11.9. The van der Waals surface area contributed by atoms with Crippen molar-refractivity contribution >= 4 is 12.1 Å². The predicted molar refractivity (Wildman–Crippen MR) is 112 cm³/mol. The summed E-state index contributed by atoms with van der Waals surface area (Å²) in [4.78, 5) is 27.7. The van der Waals surface area contributed by atoms with Gasteiger partial charge in [0.15, 0.2) is 24.1 Å². The molecular weight excluding hydrogens is 451 g/mol. The van der Waals surface area contributed by atoms with E-state index in [0.717, 1.165) is 25.9 Å². The van der Waals surface area contributed by atoms with E-state index in [1.54, 1.807) is 13.8 Å². The van der Waals surface area contributed by atoms with Gasteiger partial charge in [-0.3, -0.25) is 9.69 Å². The van der Waals surface area contributed by atoms with Crippen LogP contribution < -0.4 is 5.32 Å². The Kier molecular flexibility index (Phi) is 6.18. The number of nitrogens with one attached hydrogen (secondary N) is 1. The van der Waals surface area contributed by atoms with Crippen LogP contribution in [0, 0.1) is 11.3 Å². The minimum absolute atomic E-state index is 0.0128. The topological polar surface area (TPSA) is 123 Å². The lowest BCUT2D eigenvalue weighted by molar-refractivity contribution is -0.287. The smallest absolute Gasteiger partial charge is 0.424 e. The zero-order chi connectivity index (χ0) is 24.1. The molecule has 0 aromatic rings. The van der Waals surface area contributed by atoms with E-state index < -0.39 is 48.3 Å². The fourth-order valence-electron chi connectivity index (χ4n) is 5.63. The van der Waals surface area contributed by atoms with E-state index in [4.69, 9.17) is 28.9 Å². The van der Waals surface area contributed by atoms with Crippen LogP contribution in [0.15, 0.2) is 0 Å². The number of halogens is 1. The van der Waals surface area contributed by atoms with Gasteiger partial charge >= 0.3 is 6.16 Å². The molecule has 11 nitrogen and oxygen atoms in total. The van der Waals surface area contributed by atoms with E-state index >= 15 is 0 Å². The van der Waals surface area contributed by atoms with Crippen LogP contribution in [0.5, 0.6) is 0 Å². The number of piperidine rings is 1. The normalized spacial score (nSPS) is 39.8. The Morgan fingerprint density at radius 2 is 2.06 bits per heavy atom. The van der Waals surface area contributed by atoms with Crippen molar-refractivity contribution in [1.29, 1.82) is 5.26 Å². The fraction of sp³-hybridized carbons (Fsp3) is 0.864. The summed E-state index contributed by atoms with van der Waals surface area (Å²) in [6.45, 7) is 5.79. The second-order valence-electron chi connectivity index (χ2n) is 10.1. The van der Waals surface area contributed by atoms with Gasteiger partial charge in [-0.1, -0.05) is 0 Å². The molecule has 0 aromatic heterocycles. The van der Waals surface area contributed by atoms with Gasteiger partial charge in [0.1, 0.15) is 12.2 Å². The second-order valence-corrected chi connectivity index (χ2v) is 10.1. The zero-order valence-electron chi connectivity index (χ0n) is 19.4. The lowest BCUT2D eigenvalue weighted by Gasteiger charge is -2.44. The van der Waals surface area contributed by atoms with Crippen molar-refractivity contribution < 1.29 is 37.7 Å². The predicted octanol–water partition coefficient (Wildman–Crippen LogP) is 0.285. The zero-order valence-corrected chi connectivity index (χ0v) is 19.4. The number of rotatable bonds is 5. The molecule has 34 heavy (non-hydrogen) atoms. The van der Waals surface area contributed by atoms with Gasteiger partial charge in [-0.05, 0) is 39.8 Å². The van der Waals surface area contributed by atoms with Crippen molar-refractivity contribution in [2.75, 3.05) is 39.3 Å². The molecule has 5 rings (SSSR count). The Labute approximate surface area is 197 Å². The molecule has 5 heterocycles. The van der Waals surface area contributed by atoms with E-state index in [1.165, 1.54) is 4.90 Å². The Morgan fingerprint density at radius 3 is 2.79 bits per heavy atom. The van der Waals surface area contributed by atoms with E-state index in [2.05, 4.69) is 10.2 Å². The van der Waals surface area contributed by atoms with Crippen molar-refractivity contribution in [2.24, 2.45) is 0 Å². The van der Waals surface area contributed by atoms with Gasteiger partial charge in [-0.25, -0.2) is 9.18 Å². The van der Waals surface area contributed by atoms with Crippen molar-refractivity contribution in [3.05, 3.63) is 0 Å². The SMILES string of the molecule is CC1(C)O[C@H]2[C@@H]3OC(=O)O[C@@H]3CO[C@@]2(CN2CCC(NCC(=O)N3CC(F)C[C@H]3C#N)CC2)O1. The molecule has 5 aliphatic rings. The minimum atomic E-state index is -1.14. The molecule has 5 fully saturated rings. The maximum Gasteiger partial charge on any atom is 0.509 e. The van der Waals surface area contributed by atoms with Gasteiger partial charge in [-0.15, -0.1) is 0 Å². The molecule has 188 valence electrons. The molecule has 0 aliphatic carbocycles. The van der Waals surface area contributed by atoms with Crippen molar-refractivity contribution in [2.45, 2.75) is 81.3 Å². The average molecular weight is 483 g/mol. The summed E-state index contributed by atoms with van der Waals surface area (Å²) in [5, 5.41) is 12.4. The summed E-state index contributed by atoms with van der Waals surface area (Å²) in [7, 11) is 0. The number of carbonyl (C=O) groups is 2. The molecule has 12 heteroatoms. The third-order valence-electron chi connectivity index (χ3n) is 7.19. The summed E-state index contributed by atoms with van der Waals surface area (Å²) < 4.78 is 42.6. The van der Waals surface area contributed by atoms with Crippen LogP contribution >= 0.6 is 0 Å². The Bertz CT molecular complexity index is 861. The maximum absolute atomic E-state index is 13.6. The van der Waals surface area contributed by atoms with Crippen LogP contribution in [0.3, 0.4) is 0 Å². The average Bonchev–Trinajstić information content (AvgIpc) is 3.44. The van der Waals surface area contributed by atoms with E-state index in [0.29, 0.717) is 6.54 Å². The number of hydrogen-bond donors (Lipinski definition) is 1. The number of alkyl halides is 1. The quantitative estimate of drug-likeness (QED) is 0.547. The highest BCUT2D eigenvalue weighted by Crippen LogP contribution is 2.45. The molecule has 0 aromatic carbocycles. The van der Waals surface area contributed by atoms with E-state index in [-0.39, 0.29) is 38.1 Å². The number of hydrogen-bond acceptors (Lipinski definition) is 10. The Balaban J connectivity index is 1.14. The molecule has 0 saturated carbocycles. The molecular formula is C22H31FN4O7. The summed E-state index contributed by atoms with van der Waals surface area (Å²) >= 11 is 0. The molecule has 0 spiro atoms. The monoisotopic (exact) mass is 482 g/mol. The Morgan fingerprint density at radius 1 is 1.29 bits per heavy atom. The van der Waals surface area contributed by atoms with Crippen LogP contribution in [-0.4, -0.2) is 109 Å². The van der Waals surface area contributed by atoms with Gasteiger partial charge in [0, 0.05) is 12.5 Å². The largest absolute Gasteiger partial charge is 0.509 e. The molecule has 1 amide bonds. The van der Waals surface area contributed by atoms with E-state index in [1.807, 2.05) is 6.07 Å². The maximum atomic E-state index is 13.6. The number of likely N-dealkylation sites (tertiary alicyclic amines) is 2. The lowest BCUT2D eigenvalue weighted by Crippen LogP contribution is -2.63. The molecule has 1 N–H and O–H groups in total. The molecule has 5 saturated heterocycles. The van der Waals surface area contributed by atoms with Crippen LogP contribution in [-0.2, 0) is 28.5 Å². The van der Waals surface area contributed by atoms with Gasteiger partial charge in [-0.2, -0.15) is 5.26 Å². The van der Waals surface area contributed by atoms with Gasteiger partial charge in [0.05, 0.1) is 32.3 Å². The van der Waals surface area contributed by atoms with Crippen molar-refractivity contribution in [3.8, 4) is 6.07 Å². The first-order valence-corrected chi connectivity index (χ1v) is 11.9. The van der Waals surface area contributed by atoms with Crippen LogP contribution in [0.25, 0.3) is 0 Å². The molecule has 0 bridgehead atoms. The number of fused-ring (bicyclic) bond motifs is 3. The molecule has 6 atom stereocenters. The molecule has 0 radical (unpaired) electrons. The fourth-order valence-corrected chi connectivity index (χ4v) is 5.63. The summed E-state index contributed by atoms with van der Waals surface area (Å²) in [6, 6.07) is 1.46. The summed E-state index contributed by atoms with van der Waals surface area (Å²) in [5.41, 5.74) is 0. The number of carbonyl (C=O) groups excluding carboxylic acids is 2. The Hall–Kier alpha value is -2.04. The number of ether oxygens (including phenoxy) is 5. The first kappa shape index (κ1) is 23.7. The van der Waals surface area contributed by atoms with Gasteiger partial charge in [0.2, 0.25) is 11.7 Å². The van der Waals surface area contributed by atoms with Crippen LogP contribution in [0.1, 0.15) is 33.1 Å². The number of nitriles is 1. The first-order chi connectivity index (χ1) is 16.2. The van der Waals surface area contributed by atoms with Crippen molar-refractivity contribution in [3.63, 3.8) is 0 Å². The van der Waals surface area contributed by atoms with Gasteiger partial charge < -0.3 is 33.9 Å². The minimum Gasteiger partial charge on any atom is -0.424 e. The highest BCUT2D eigenvalue weighted by atomic mass is 19.1.